The summed E-state index contributed by atoms with van der Waals surface area (Å²) >= 11 is 5.42. The van der Waals surface area contributed by atoms with Gasteiger partial charge in [-0.1, -0.05) is 0 Å². The van der Waals surface area contributed by atoms with Crippen molar-refractivity contribution in [1.82, 2.24) is 4.90 Å². The number of carbonyl (C=O) groups is 1. The molecule has 1 unspecified atom stereocenters. The summed E-state index contributed by atoms with van der Waals surface area (Å²) in [6.07, 6.45) is 1.70. The van der Waals surface area contributed by atoms with Gasteiger partial charge in [0, 0.05) is 13.1 Å². The average Bonchev–Trinajstić information content (AvgIpc) is 2.25. The molecule has 0 spiro atoms. The SMILES string of the molecule is CC1(F)CCCN(C(=O)CCl)CC1. The van der Waals surface area contributed by atoms with Gasteiger partial charge < -0.3 is 4.90 Å². The number of rotatable bonds is 1. The third-order valence-electron chi connectivity index (χ3n) is 2.50. The number of carbonyl (C=O) groups excluding carboxylic acids is 1. The maximum atomic E-state index is 13.5. The van der Waals surface area contributed by atoms with E-state index in [9.17, 15) is 9.18 Å². The highest BCUT2D eigenvalue weighted by molar-refractivity contribution is 6.27. The van der Waals surface area contributed by atoms with Gasteiger partial charge in [0.15, 0.2) is 0 Å². The largest absolute Gasteiger partial charge is 0.342 e. The van der Waals surface area contributed by atoms with Crippen molar-refractivity contribution in [2.75, 3.05) is 19.0 Å². The minimum atomic E-state index is -1.11. The van der Waals surface area contributed by atoms with Crippen LogP contribution in [0.4, 0.5) is 4.39 Å². The van der Waals surface area contributed by atoms with E-state index in [0.29, 0.717) is 25.9 Å². The van der Waals surface area contributed by atoms with Crippen LogP contribution in [0.1, 0.15) is 26.2 Å². The van der Waals surface area contributed by atoms with Crippen LogP contribution in [-0.4, -0.2) is 35.4 Å². The van der Waals surface area contributed by atoms with Crippen LogP contribution in [0.3, 0.4) is 0 Å². The van der Waals surface area contributed by atoms with Crippen molar-refractivity contribution in [2.24, 2.45) is 0 Å². The van der Waals surface area contributed by atoms with Crippen LogP contribution in [0.5, 0.6) is 0 Å². The van der Waals surface area contributed by atoms with E-state index >= 15 is 0 Å². The van der Waals surface area contributed by atoms with Gasteiger partial charge in [0.2, 0.25) is 5.91 Å². The third-order valence-corrected chi connectivity index (χ3v) is 2.72. The van der Waals surface area contributed by atoms with Crippen LogP contribution in [0.2, 0.25) is 0 Å². The van der Waals surface area contributed by atoms with Crippen molar-refractivity contribution in [1.29, 1.82) is 0 Å². The van der Waals surface area contributed by atoms with Crippen molar-refractivity contribution < 1.29 is 9.18 Å². The molecule has 1 saturated heterocycles. The molecule has 1 heterocycles. The number of hydrogen-bond donors (Lipinski definition) is 0. The molecule has 0 aromatic carbocycles. The second-order valence-corrected chi connectivity index (χ2v) is 4.05. The first-order valence-corrected chi connectivity index (χ1v) is 5.11. The lowest BCUT2D eigenvalue weighted by atomic mass is 10.0. The number of nitrogens with zero attached hydrogens (tertiary/aromatic N) is 1. The monoisotopic (exact) mass is 207 g/mol. The van der Waals surface area contributed by atoms with Crippen LogP contribution < -0.4 is 0 Å². The summed E-state index contributed by atoms with van der Waals surface area (Å²) in [5, 5.41) is 0. The highest BCUT2D eigenvalue weighted by Crippen LogP contribution is 2.25. The zero-order valence-electron chi connectivity index (χ0n) is 7.85. The van der Waals surface area contributed by atoms with E-state index in [2.05, 4.69) is 0 Å². The molecule has 0 aromatic heterocycles. The van der Waals surface area contributed by atoms with Gasteiger partial charge in [-0.15, -0.1) is 11.6 Å². The second kappa shape index (κ2) is 4.27. The molecule has 1 fully saturated rings. The number of hydrogen-bond acceptors (Lipinski definition) is 1. The molecule has 1 aliphatic heterocycles. The molecule has 0 radical (unpaired) electrons. The molecular weight excluding hydrogens is 193 g/mol. The van der Waals surface area contributed by atoms with E-state index in [0.717, 1.165) is 6.42 Å². The lowest BCUT2D eigenvalue weighted by molar-refractivity contribution is -0.128. The van der Waals surface area contributed by atoms with Crippen molar-refractivity contribution in [3.8, 4) is 0 Å². The molecule has 4 heteroatoms. The minimum Gasteiger partial charge on any atom is -0.342 e. The number of halogens is 2. The minimum absolute atomic E-state index is 0.00298. The van der Waals surface area contributed by atoms with Crippen LogP contribution >= 0.6 is 11.6 Å². The predicted molar refractivity (Wildman–Crippen MR) is 50.7 cm³/mol. The lowest BCUT2D eigenvalue weighted by Crippen LogP contribution is -2.33. The first kappa shape index (κ1) is 10.8. The fourth-order valence-electron chi connectivity index (χ4n) is 1.58. The second-order valence-electron chi connectivity index (χ2n) is 3.78. The Morgan fingerprint density at radius 2 is 2.23 bits per heavy atom. The Morgan fingerprint density at radius 1 is 1.54 bits per heavy atom. The summed E-state index contributed by atoms with van der Waals surface area (Å²) in [5.74, 6) is -0.0809. The predicted octanol–water partition coefficient (Wildman–Crippen LogP) is 1.97. The zero-order valence-corrected chi connectivity index (χ0v) is 8.61. The molecule has 0 aliphatic carbocycles. The average molecular weight is 208 g/mol. The maximum absolute atomic E-state index is 13.5. The van der Waals surface area contributed by atoms with Gasteiger partial charge in [-0.25, -0.2) is 4.39 Å². The van der Waals surface area contributed by atoms with E-state index in [1.165, 1.54) is 0 Å². The van der Waals surface area contributed by atoms with Gasteiger partial charge >= 0.3 is 0 Å². The van der Waals surface area contributed by atoms with Crippen molar-refractivity contribution in [2.45, 2.75) is 31.9 Å². The normalized spacial score (nSPS) is 29.9. The zero-order chi connectivity index (χ0) is 9.90. The van der Waals surface area contributed by atoms with Gasteiger partial charge in [-0.3, -0.25) is 4.79 Å². The molecule has 1 aliphatic rings. The van der Waals surface area contributed by atoms with Gasteiger partial charge in [0.1, 0.15) is 11.5 Å². The summed E-state index contributed by atoms with van der Waals surface area (Å²) in [6, 6.07) is 0. The van der Waals surface area contributed by atoms with Crippen molar-refractivity contribution >= 4 is 17.5 Å². The lowest BCUT2D eigenvalue weighted by Gasteiger charge is -2.20. The standard InChI is InChI=1S/C9H15ClFNO/c1-9(11)3-2-5-12(6-4-9)8(13)7-10/h2-7H2,1H3. The summed E-state index contributed by atoms with van der Waals surface area (Å²) in [6.45, 7) is 2.74. The number of likely N-dealkylation sites (tertiary alicyclic amines) is 1. The van der Waals surface area contributed by atoms with Crippen molar-refractivity contribution in [3.05, 3.63) is 0 Å². The van der Waals surface area contributed by atoms with Gasteiger partial charge in [-0.2, -0.15) is 0 Å². The van der Waals surface area contributed by atoms with E-state index < -0.39 is 5.67 Å². The maximum Gasteiger partial charge on any atom is 0.237 e. The molecule has 0 saturated carbocycles. The molecule has 2 nitrogen and oxygen atoms in total. The summed E-state index contributed by atoms with van der Waals surface area (Å²) < 4.78 is 13.5. The Morgan fingerprint density at radius 3 is 2.85 bits per heavy atom. The van der Waals surface area contributed by atoms with E-state index in [-0.39, 0.29) is 11.8 Å². The van der Waals surface area contributed by atoms with Gasteiger partial charge in [0.25, 0.3) is 0 Å². The fourth-order valence-corrected chi connectivity index (χ4v) is 1.75. The molecule has 1 amide bonds. The topological polar surface area (TPSA) is 20.3 Å². The molecule has 0 N–H and O–H groups in total. The Bertz CT molecular complexity index is 196. The van der Waals surface area contributed by atoms with E-state index in [4.69, 9.17) is 11.6 Å². The van der Waals surface area contributed by atoms with Crippen molar-refractivity contribution in [3.63, 3.8) is 0 Å². The molecule has 1 atom stereocenters. The first-order valence-electron chi connectivity index (χ1n) is 4.58. The fraction of sp³-hybridized carbons (Fsp3) is 0.889. The third kappa shape index (κ3) is 3.14. The van der Waals surface area contributed by atoms with Crippen LogP contribution in [0.25, 0.3) is 0 Å². The van der Waals surface area contributed by atoms with Crippen LogP contribution in [-0.2, 0) is 4.79 Å². The highest BCUT2D eigenvalue weighted by Gasteiger charge is 2.28. The van der Waals surface area contributed by atoms with Gasteiger partial charge in [-0.05, 0) is 26.2 Å². The van der Waals surface area contributed by atoms with Gasteiger partial charge in [0.05, 0.1) is 0 Å². The number of amides is 1. The molecule has 0 aromatic rings. The Hall–Kier alpha value is -0.310. The van der Waals surface area contributed by atoms with Crippen LogP contribution in [0, 0.1) is 0 Å². The van der Waals surface area contributed by atoms with E-state index in [1.54, 1.807) is 11.8 Å². The Kier molecular flexibility index (Phi) is 3.54. The molecule has 13 heavy (non-hydrogen) atoms. The molecular formula is C9H15ClFNO. The summed E-state index contributed by atoms with van der Waals surface area (Å²) in [5.41, 5.74) is -1.11. The van der Waals surface area contributed by atoms with E-state index in [1.807, 2.05) is 0 Å². The Balaban J connectivity index is 2.49. The van der Waals surface area contributed by atoms with Crippen LogP contribution in [0.15, 0.2) is 0 Å². The molecule has 76 valence electrons. The molecule has 1 rings (SSSR count). The molecule has 0 bridgehead atoms. The smallest absolute Gasteiger partial charge is 0.237 e. The summed E-state index contributed by atoms with van der Waals surface area (Å²) in [4.78, 5) is 12.9. The highest BCUT2D eigenvalue weighted by atomic mass is 35.5. The first-order chi connectivity index (χ1) is 6.05. The number of alkyl halides is 2. The Labute approximate surface area is 83.0 Å². The quantitative estimate of drug-likeness (QED) is 0.602. The summed E-state index contributed by atoms with van der Waals surface area (Å²) in [7, 11) is 0.